The molecule has 0 aliphatic heterocycles. The third-order valence-corrected chi connectivity index (χ3v) is 5.29. The molecule has 0 aromatic heterocycles. The summed E-state index contributed by atoms with van der Waals surface area (Å²) in [6.45, 7) is -0.705. The van der Waals surface area contributed by atoms with Gasteiger partial charge in [0.25, 0.3) is 6.65 Å². The zero-order valence-corrected chi connectivity index (χ0v) is 10.4. The monoisotopic (exact) mass is 271 g/mol. The van der Waals surface area contributed by atoms with Crippen LogP contribution in [-0.4, -0.2) is 32.8 Å². The lowest BCUT2D eigenvalue weighted by Crippen LogP contribution is -2.15. The molecule has 0 aromatic rings. The van der Waals surface area contributed by atoms with E-state index < -0.39 is 26.7 Å². The van der Waals surface area contributed by atoms with Gasteiger partial charge in [0.05, 0.1) is 7.28 Å². The first-order chi connectivity index (χ1) is 5.91. The van der Waals surface area contributed by atoms with Gasteiger partial charge in [-0.05, 0) is 24.6 Å². The van der Waals surface area contributed by atoms with Gasteiger partial charge >= 0.3 is 6.18 Å². The van der Waals surface area contributed by atoms with Crippen molar-refractivity contribution < 1.29 is 22.3 Å². The fourth-order valence-corrected chi connectivity index (χ4v) is 5.85. The minimum absolute atomic E-state index is 1.16. The van der Waals surface area contributed by atoms with E-state index in [1.807, 2.05) is 0 Å². The number of halogens is 4. The van der Waals surface area contributed by atoms with Crippen molar-refractivity contribution in [3.05, 3.63) is 0 Å². The maximum Gasteiger partial charge on any atom is 0.412 e. The highest BCUT2D eigenvalue weighted by molar-refractivity contribution is 7.90. The van der Waals surface area contributed by atoms with E-state index in [1.54, 1.807) is 0 Å². The molecular formula is C5H11ClF3NO2P2. The van der Waals surface area contributed by atoms with Gasteiger partial charge in [0, 0.05) is 6.66 Å². The molecule has 0 N–H and O–H groups in total. The fourth-order valence-electron chi connectivity index (χ4n) is 0.642. The molecule has 0 saturated heterocycles. The van der Waals surface area contributed by atoms with Gasteiger partial charge in [-0.3, -0.25) is 4.57 Å². The predicted octanol–water partition coefficient (Wildman–Crippen LogP) is 4.00. The number of hydrogen-bond donors (Lipinski definition) is 0. The lowest BCUT2D eigenvalue weighted by atomic mass is 10.7. The van der Waals surface area contributed by atoms with Gasteiger partial charge in [-0.25, -0.2) is 4.52 Å². The lowest BCUT2D eigenvalue weighted by Gasteiger charge is -2.17. The van der Waals surface area contributed by atoms with E-state index in [0.717, 1.165) is 6.66 Å². The van der Waals surface area contributed by atoms with Crippen molar-refractivity contribution in [2.75, 3.05) is 26.6 Å². The summed E-state index contributed by atoms with van der Waals surface area (Å²) in [5.41, 5.74) is 0. The summed E-state index contributed by atoms with van der Waals surface area (Å²) in [6.07, 6.45) is -4.41. The van der Waals surface area contributed by atoms with Crippen molar-refractivity contribution in [3.8, 4) is 0 Å². The zero-order valence-electron chi connectivity index (χ0n) is 7.88. The van der Waals surface area contributed by atoms with E-state index in [2.05, 4.69) is 9.04 Å². The van der Waals surface area contributed by atoms with Crippen molar-refractivity contribution in [3.63, 3.8) is 0 Å². The Morgan fingerprint density at radius 1 is 1.36 bits per heavy atom. The van der Waals surface area contributed by atoms with Gasteiger partial charge < -0.3 is 4.52 Å². The first-order valence-corrected chi connectivity index (χ1v) is 9.05. The molecule has 0 heterocycles. The minimum Gasteiger partial charge on any atom is -0.335 e. The fraction of sp³-hybridized carbons (Fsp3) is 1.00. The van der Waals surface area contributed by atoms with Crippen molar-refractivity contribution in [1.82, 2.24) is 0 Å². The predicted molar refractivity (Wildman–Crippen MR) is 52.6 cm³/mol. The second-order valence-corrected chi connectivity index (χ2v) is 10.0. The lowest BCUT2D eigenvalue weighted by molar-refractivity contribution is -0.152. The molecule has 0 amide bonds. The van der Waals surface area contributed by atoms with Crippen LogP contribution in [0, 0.1) is 0 Å². The van der Waals surface area contributed by atoms with Gasteiger partial charge in [-0.2, -0.15) is 13.2 Å². The molecule has 3 nitrogen and oxygen atoms in total. The topological polar surface area (TPSA) is 38.7 Å². The van der Waals surface area contributed by atoms with Crippen LogP contribution in [0.1, 0.15) is 0 Å². The Bertz CT molecular complexity index is 292. The minimum atomic E-state index is -4.41. The van der Waals surface area contributed by atoms with Crippen LogP contribution in [-0.2, 0) is 9.09 Å². The molecule has 0 spiro atoms. The second-order valence-electron chi connectivity index (χ2n) is 3.05. The third kappa shape index (κ3) is 9.07. The Labute approximate surface area is 85.3 Å². The van der Waals surface area contributed by atoms with E-state index in [-0.39, 0.29) is 0 Å². The van der Waals surface area contributed by atoms with Crippen LogP contribution in [0.2, 0.25) is 0 Å². The number of alkyl halides is 3. The van der Waals surface area contributed by atoms with Gasteiger partial charge in [0.15, 0.2) is 0 Å². The highest BCUT2D eigenvalue weighted by Gasteiger charge is 2.30. The molecule has 0 saturated carbocycles. The van der Waals surface area contributed by atoms with E-state index in [0.29, 0.717) is 0 Å². The molecule has 1 unspecified atom stereocenters. The second kappa shape index (κ2) is 4.56. The van der Waals surface area contributed by atoms with Gasteiger partial charge in [-0.1, -0.05) is 0 Å². The van der Waals surface area contributed by atoms with E-state index in [9.17, 15) is 17.7 Å². The van der Waals surface area contributed by atoms with Crippen LogP contribution in [0.5, 0.6) is 0 Å². The van der Waals surface area contributed by atoms with Crippen molar-refractivity contribution >= 4 is 25.2 Å². The average molecular weight is 272 g/mol. The molecule has 0 rings (SSSR count). The van der Waals surface area contributed by atoms with Crippen molar-refractivity contribution in [2.45, 2.75) is 6.18 Å². The van der Waals surface area contributed by atoms with Crippen LogP contribution in [0.15, 0.2) is 4.52 Å². The van der Waals surface area contributed by atoms with E-state index in [1.165, 1.54) is 13.3 Å². The number of nitrogens with zero attached hydrogens (tertiary/aromatic N) is 1. The molecule has 14 heavy (non-hydrogen) atoms. The first kappa shape index (κ1) is 14.5. The van der Waals surface area contributed by atoms with Crippen LogP contribution in [0.25, 0.3) is 0 Å². The first-order valence-electron chi connectivity index (χ1n) is 3.48. The van der Waals surface area contributed by atoms with Gasteiger partial charge in [-0.15, -0.1) is 0 Å². The Balaban J connectivity index is 4.52. The quantitative estimate of drug-likeness (QED) is 0.728. The maximum absolute atomic E-state index is 11.8. The number of rotatable bonds is 3. The van der Waals surface area contributed by atoms with Crippen molar-refractivity contribution in [1.29, 1.82) is 0 Å². The van der Waals surface area contributed by atoms with Gasteiger partial charge in [0.1, 0.15) is 6.61 Å². The van der Waals surface area contributed by atoms with Gasteiger partial charge in [0.2, 0.25) is 0 Å². The zero-order chi connectivity index (χ0) is 11.6. The van der Waals surface area contributed by atoms with Crippen LogP contribution < -0.4 is 0 Å². The standard InChI is InChI=1S/C5H11ClF3NO2P2/c1-13(2,10-14(3,6)11)12-4-5(7,8)9/h4H2,1-3H3. The summed E-state index contributed by atoms with van der Waals surface area (Å²) in [5.74, 6) is 0. The largest absolute Gasteiger partial charge is 0.412 e. The molecular weight excluding hydrogens is 260 g/mol. The van der Waals surface area contributed by atoms with Crippen LogP contribution >= 0.6 is 25.2 Å². The smallest absolute Gasteiger partial charge is 0.335 e. The average Bonchev–Trinajstić information content (AvgIpc) is 1.76. The molecule has 1 atom stereocenters. The van der Waals surface area contributed by atoms with Crippen LogP contribution in [0.4, 0.5) is 13.2 Å². The van der Waals surface area contributed by atoms with E-state index in [4.69, 9.17) is 11.2 Å². The Kier molecular flexibility index (Phi) is 4.73. The Morgan fingerprint density at radius 3 is 2.07 bits per heavy atom. The number of hydrogen-bond acceptors (Lipinski definition) is 2. The third-order valence-electron chi connectivity index (χ3n) is 0.919. The highest BCUT2D eigenvalue weighted by Crippen LogP contribution is 2.60. The van der Waals surface area contributed by atoms with E-state index >= 15 is 0 Å². The molecule has 9 heteroatoms. The summed E-state index contributed by atoms with van der Waals surface area (Å²) in [6, 6.07) is 0. The Morgan fingerprint density at radius 2 is 1.79 bits per heavy atom. The summed E-state index contributed by atoms with van der Waals surface area (Å²) in [5, 5.41) is 0. The molecule has 0 bridgehead atoms. The summed E-state index contributed by atoms with van der Waals surface area (Å²) in [4.78, 5) is 0. The normalized spacial score (nSPS) is 17.6. The summed E-state index contributed by atoms with van der Waals surface area (Å²) >= 11 is 5.32. The molecule has 0 fully saturated rings. The molecule has 0 aliphatic carbocycles. The molecule has 86 valence electrons. The summed E-state index contributed by atoms with van der Waals surface area (Å²) in [7, 11) is -2.65. The molecule has 0 aromatic carbocycles. The Hall–Kier alpha value is 0.500. The van der Waals surface area contributed by atoms with Crippen LogP contribution in [0.3, 0.4) is 0 Å². The molecule has 0 aliphatic rings. The molecule has 0 radical (unpaired) electrons. The summed E-state index contributed by atoms with van der Waals surface area (Å²) < 4.78 is 54.4. The maximum atomic E-state index is 11.8. The van der Waals surface area contributed by atoms with Crippen molar-refractivity contribution in [2.24, 2.45) is 4.52 Å². The highest BCUT2D eigenvalue weighted by atomic mass is 35.7. The SMILES string of the molecule is CP(=O)(Cl)N=P(C)(C)OCC(F)(F)F.